The van der Waals surface area contributed by atoms with Crippen LogP contribution in [-0.4, -0.2) is 43.7 Å². The number of aromatic amines is 1. The number of benzene rings is 1. The maximum absolute atomic E-state index is 5.49. The van der Waals surface area contributed by atoms with Gasteiger partial charge in [0.1, 0.15) is 16.5 Å². The van der Waals surface area contributed by atoms with Gasteiger partial charge in [0.05, 0.1) is 32.0 Å². The fourth-order valence-electron chi connectivity index (χ4n) is 3.20. The van der Waals surface area contributed by atoms with Crippen LogP contribution < -0.4 is 20.1 Å². The number of guanidine groups is 1. The van der Waals surface area contributed by atoms with E-state index in [2.05, 4.69) is 50.9 Å². The lowest BCUT2D eigenvalue weighted by atomic mass is 10.2. The normalized spacial score (nSPS) is 11.9. The van der Waals surface area contributed by atoms with Crippen LogP contribution >= 0.6 is 11.3 Å². The minimum Gasteiger partial charge on any atom is -0.497 e. The molecule has 0 amide bonds. The van der Waals surface area contributed by atoms with Gasteiger partial charge in [0.2, 0.25) is 0 Å². The van der Waals surface area contributed by atoms with E-state index in [4.69, 9.17) is 9.47 Å². The molecule has 0 saturated heterocycles. The Morgan fingerprint density at radius 1 is 1.20 bits per heavy atom. The molecule has 0 spiro atoms. The molecule has 0 bridgehead atoms. The summed E-state index contributed by atoms with van der Waals surface area (Å²) in [6.45, 7) is 5.82. The van der Waals surface area contributed by atoms with E-state index in [0.29, 0.717) is 12.5 Å². The van der Waals surface area contributed by atoms with Crippen molar-refractivity contribution in [3.8, 4) is 11.5 Å². The van der Waals surface area contributed by atoms with Crippen molar-refractivity contribution in [2.24, 2.45) is 4.99 Å². The Bertz CT molecular complexity index is 993. The minimum absolute atomic E-state index is 0.457. The fraction of sp³-hybridized carbons (Fsp3) is 0.455. The smallest absolute Gasteiger partial charge is 0.191 e. The molecule has 1 aromatic carbocycles. The van der Waals surface area contributed by atoms with Crippen molar-refractivity contribution >= 4 is 28.2 Å². The largest absolute Gasteiger partial charge is 0.497 e. The van der Waals surface area contributed by atoms with Crippen LogP contribution in [-0.2, 0) is 13.0 Å². The number of aryl methyl sites for hydroxylation is 1. The first-order valence-corrected chi connectivity index (χ1v) is 11.0. The monoisotopic (exact) mass is 429 g/mol. The first kappa shape index (κ1) is 22.0. The zero-order chi connectivity index (χ0) is 21.5. The average molecular weight is 430 g/mol. The van der Waals surface area contributed by atoms with Crippen molar-refractivity contribution in [3.05, 3.63) is 40.0 Å². The van der Waals surface area contributed by atoms with Gasteiger partial charge in [-0.3, -0.25) is 4.99 Å². The summed E-state index contributed by atoms with van der Waals surface area (Å²) in [5.74, 6) is 2.85. The van der Waals surface area contributed by atoms with E-state index in [1.54, 1.807) is 32.6 Å². The Balaban J connectivity index is 1.48. The average Bonchev–Trinajstić information content (AvgIpc) is 3.39. The third-order valence-electron chi connectivity index (χ3n) is 4.89. The number of hydrogen-bond acceptors (Lipinski definition) is 5. The molecule has 162 valence electrons. The molecule has 2 aromatic heterocycles. The standard InChI is InChI=1S/C22H31N5O2S/c1-14(2)19-13-30-21(27-19)12-25-22(23-3)24-8-6-7-15-9-17-18(26-15)10-16(28-4)11-20(17)29-5/h9-11,13-14,26H,6-8,12H2,1-5H3,(H2,23,24,25). The van der Waals surface area contributed by atoms with E-state index in [1.807, 2.05) is 12.1 Å². The molecule has 0 radical (unpaired) electrons. The summed E-state index contributed by atoms with van der Waals surface area (Å²) in [4.78, 5) is 12.4. The number of H-pyrrole nitrogens is 1. The SMILES string of the molecule is CN=C(NCCCc1cc2c(OC)cc(OC)cc2[nH]1)NCc1nc(C(C)C)cs1. The third kappa shape index (κ3) is 5.44. The fourth-order valence-corrected chi connectivity index (χ4v) is 4.09. The predicted octanol–water partition coefficient (Wildman–Crippen LogP) is 4.06. The molecule has 3 rings (SSSR count). The molecule has 3 N–H and O–H groups in total. The summed E-state index contributed by atoms with van der Waals surface area (Å²) in [5.41, 5.74) is 3.34. The quantitative estimate of drug-likeness (QED) is 0.271. The zero-order valence-electron chi connectivity index (χ0n) is 18.3. The van der Waals surface area contributed by atoms with E-state index >= 15 is 0 Å². The first-order valence-electron chi connectivity index (χ1n) is 10.2. The van der Waals surface area contributed by atoms with E-state index in [9.17, 15) is 0 Å². The summed E-state index contributed by atoms with van der Waals surface area (Å²) in [6.07, 6.45) is 1.90. The summed E-state index contributed by atoms with van der Waals surface area (Å²) in [6, 6.07) is 6.05. The van der Waals surface area contributed by atoms with Crippen LogP contribution in [0.25, 0.3) is 10.9 Å². The van der Waals surface area contributed by atoms with Crippen molar-refractivity contribution in [1.29, 1.82) is 0 Å². The van der Waals surface area contributed by atoms with Gasteiger partial charge in [-0.05, 0) is 24.8 Å². The summed E-state index contributed by atoms with van der Waals surface area (Å²) in [5, 5.41) is 11.0. The second-order valence-corrected chi connectivity index (χ2v) is 8.31. The number of nitrogens with one attached hydrogen (secondary N) is 3. The van der Waals surface area contributed by atoms with Crippen LogP contribution in [0.5, 0.6) is 11.5 Å². The number of rotatable bonds is 9. The highest BCUT2D eigenvalue weighted by molar-refractivity contribution is 7.09. The highest BCUT2D eigenvalue weighted by Gasteiger charge is 2.10. The lowest BCUT2D eigenvalue weighted by Crippen LogP contribution is -2.37. The Morgan fingerprint density at radius 2 is 2.03 bits per heavy atom. The molecule has 30 heavy (non-hydrogen) atoms. The highest BCUT2D eigenvalue weighted by Crippen LogP contribution is 2.31. The van der Waals surface area contributed by atoms with Crippen molar-refractivity contribution in [2.75, 3.05) is 27.8 Å². The number of hydrogen-bond donors (Lipinski definition) is 3. The Morgan fingerprint density at radius 3 is 2.70 bits per heavy atom. The van der Waals surface area contributed by atoms with Crippen molar-refractivity contribution in [3.63, 3.8) is 0 Å². The Hall–Kier alpha value is -2.74. The molecule has 3 aromatic rings. The van der Waals surface area contributed by atoms with Gasteiger partial charge < -0.3 is 25.1 Å². The van der Waals surface area contributed by atoms with Gasteiger partial charge in [0.25, 0.3) is 0 Å². The van der Waals surface area contributed by atoms with Gasteiger partial charge in [0, 0.05) is 42.2 Å². The topological polar surface area (TPSA) is 83.6 Å². The second kappa shape index (κ2) is 10.3. The maximum atomic E-state index is 5.49. The van der Waals surface area contributed by atoms with Gasteiger partial charge >= 0.3 is 0 Å². The van der Waals surface area contributed by atoms with E-state index in [-0.39, 0.29) is 0 Å². The number of thiazole rings is 1. The highest BCUT2D eigenvalue weighted by atomic mass is 32.1. The maximum Gasteiger partial charge on any atom is 0.191 e. The number of fused-ring (bicyclic) bond motifs is 1. The summed E-state index contributed by atoms with van der Waals surface area (Å²) < 4.78 is 10.8. The van der Waals surface area contributed by atoms with Gasteiger partial charge in [-0.15, -0.1) is 11.3 Å². The minimum atomic E-state index is 0.457. The lowest BCUT2D eigenvalue weighted by molar-refractivity contribution is 0.398. The number of aromatic nitrogens is 2. The van der Waals surface area contributed by atoms with Gasteiger partial charge in [-0.2, -0.15) is 0 Å². The molecular weight excluding hydrogens is 398 g/mol. The van der Waals surface area contributed by atoms with Crippen LogP contribution in [0, 0.1) is 0 Å². The molecule has 0 aliphatic carbocycles. The third-order valence-corrected chi connectivity index (χ3v) is 5.76. The van der Waals surface area contributed by atoms with Gasteiger partial charge in [0.15, 0.2) is 5.96 Å². The van der Waals surface area contributed by atoms with E-state index in [1.165, 1.54) is 5.69 Å². The number of methoxy groups -OCH3 is 2. The second-order valence-electron chi connectivity index (χ2n) is 7.36. The molecule has 0 atom stereocenters. The molecular formula is C22H31N5O2S. The first-order chi connectivity index (χ1) is 14.5. The Kier molecular flexibility index (Phi) is 7.57. The molecule has 2 heterocycles. The predicted molar refractivity (Wildman–Crippen MR) is 124 cm³/mol. The number of aliphatic imine (C=N–C) groups is 1. The summed E-state index contributed by atoms with van der Waals surface area (Å²) in [7, 11) is 5.13. The molecule has 8 heteroatoms. The van der Waals surface area contributed by atoms with E-state index < -0.39 is 0 Å². The van der Waals surface area contributed by atoms with Crippen LogP contribution in [0.3, 0.4) is 0 Å². The number of ether oxygens (including phenoxy) is 2. The number of nitrogens with zero attached hydrogens (tertiary/aromatic N) is 2. The van der Waals surface area contributed by atoms with Gasteiger partial charge in [-0.25, -0.2) is 4.98 Å². The Labute approximate surface area is 181 Å². The van der Waals surface area contributed by atoms with Crippen LogP contribution in [0.1, 0.15) is 42.6 Å². The van der Waals surface area contributed by atoms with Crippen molar-refractivity contribution < 1.29 is 9.47 Å². The van der Waals surface area contributed by atoms with Crippen LogP contribution in [0.15, 0.2) is 28.6 Å². The zero-order valence-corrected chi connectivity index (χ0v) is 19.2. The van der Waals surface area contributed by atoms with Crippen molar-refractivity contribution in [1.82, 2.24) is 20.6 Å². The van der Waals surface area contributed by atoms with Crippen LogP contribution in [0.2, 0.25) is 0 Å². The molecule has 7 nitrogen and oxygen atoms in total. The molecule has 0 unspecified atom stereocenters. The van der Waals surface area contributed by atoms with Crippen LogP contribution in [0.4, 0.5) is 0 Å². The lowest BCUT2D eigenvalue weighted by Gasteiger charge is -2.10. The molecule has 0 aliphatic rings. The van der Waals surface area contributed by atoms with Crippen molar-refractivity contribution in [2.45, 2.75) is 39.2 Å². The molecule has 0 saturated carbocycles. The molecule has 0 aliphatic heterocycles. The van der Waals surface area contributed by atoms with E-state index in [0.717, 1.165) is 58.4 Å². The van der Waals surface area contributed by atoms with Gasteiger partial charge in [-0.1, -0.05) is 13.8 Å². The summed E-state index contributed by atoms with van der Waals surface area (Å²) >= 11 is 1.68. The molecule has 0 fully saturated rings.